The van der Waals surface area contributed by atoms with Crippen molar-refractivity contribution in [3.05, 3.63) is 58.3 Å². The largest absolute Gasteiger partial charge is 0.466 e. The molecule has 0 unspecified atom stereocenters. The van der Waals surface area contributed by atoms with Gasteiger partial charge in [0.15, 0.2) is 0 Å². The van der Waals surface area contributed by atoms with Gasteiger partial charge in [-0.1, -0.05) is 13.0 Å². The number of aryl methyl sites for hydroxylation is 1. The second-order valence-corrected chi connectivity index (χ2v) is 5.92. The summed E-state index contributed by atoms with van der Waals surface area (Å²) in [6.07, 6.45) is 4.12. The van der Waals surface area contributed by atoms with E-state index in [0.29, 0.717) is 13.2 Å². The SMILES string of the molecule is CCCn1nc(C(=O)N(CCC(=O)OCC)Cc2cccnc2)ccc1=O. The van der Waals surface area contributed by atoms with Gasteiger partial charge in [0.1, 0.15) is 5.69 Å². The molecule has 8 nitrogen and oxygen atoms in total. The zero-order valence-corrected chi connectivity index (χ0v) is 15.6. The first kappa shape index (κ1) is 20.3. The van der Waals surface area contributed by atoms with Crippen molar-refractivity contribution in [1.29, 1.82) is 0 Å². The number of rotatable bonds is 9. The molecule has 0 saturated heterocycles. The number of hydrogen-bond donors (Lipinski definition) is 0. The molecule has 0 radical (unpaired) electrons. The van der Waals surface area contributed by atoms with Crippen LogP contribution in [0, 0.1) is 0 Å². The van der Waals surface area contributed by atoms with Crippen LogP contribution in [0.2, 0.25) is 0 Å². The Balaban J connectivity index is 2.22. The molecule has 0 aliphatic carbocycles. The number of amides is 1. The van der Waals surface area contributed by atoms with Crippen molar-refractivity contribution >= 4 is 11.9 Å². The number of carbonyl (C=O) groups is 2. The minimum atomic E-state index is -0.370. The summed E-state index contributed by atoms with van der Waals surface area (Å²) >= 11 is 0. The first-order valence-electron chi connectivity index (χ1n) is 8.97. The summed E-state index contributed by atoms with van der Waals surface area (Å²) in [4.78, 5) is 42.1. The lowest BCUT2D eigenvalue weighted by molar-refractivity contribution is -0.143. The average Bonchev–Trinajstić information content (AvgIpc) is 2.67. The third-order valence-corrected chi connectivity index (χ3v) is 3.80. The van der Waals surface area contributed by atoms with Crippen molar-refractivity contribution in [3.63, 3.8) is 0 Å². The van der Waals surface area contributed by atoms with Gasteiger partial charge in [-0.25, -0.2) is 4.68 Å². The van der Waals surface area contributed by atoms with Crippen LogP contribution in [-0.2, 0) is 22.6 Å². The highest BCUT2D eigenvalue weighted by Gasteiger charge is 2.20. The van der Waals surface area contributed by atoms with Gasteiger partial charge in [0.05, 0.1) is 13.0 Å². The molecule has 0 saturated carbocycles. The van der Waals surface area contributed by atoms with Gasteiger partial charge >= 0.3 is 5.97 Å². The van der Waals surface area contributed by atoms with Gasteiger partial charge in [-0.2, -0.15) is 5.10 Å². The summed E-state index contributed by atoms with van der Waals surface area (Å²) in [6.45, 7) is 4.85. The van der Waals surface area contributed by atoms with Crippen LogP contribution >= 0.6 is 0 Å². The Morgan fingerprint density at radius 3 is 2.70 bits per heavy atom. The molecule has 0 aromatic carbocycles. The van der Waals surface area contributed by atoms with E-state index in [9.17, 15) is 14.4 Å². The predicted molar refractivity (Wildman–Crippen MR) is 99.0 cm³/mol. The Kier molecular flexibility index (Phi) is 7.66. The van der Waals surface area contributed by atoms with Crippen LogP contribution in [0.4, 0.5) is 0 Å². The first-order chi connectivity index (χ1) is 13.0. The lowest BCUT2D eigenvalue weighted by Crippen LogP contribution is -2.35. The molecule has 2 aromatic rings. The van der Waals surface area contributed by atoms with E-state index in [2.05, 4.69) is 10.1 Å². The van der Waals surface area contributed by atoms with Crippen LogP contribution < -0.4 is 5.56 Å². The third kappa shape index (κ3) is 6.02. The van der Waals surface area contributed by atoms with E-state index in [-0.39, 0.29) is 42.6 Å². The molecule has 8 heteroatoms. The van der Waals surface area contributed by atoms with Gasteiger partial charge in [0.2, 0.25) is 0 Å². The summed E-state index contributed by atoms with van der Waals surface area (Å²) in [5, 5.41) is 4.17. The fourth-order valence-electron chi connectivity index (χ4n) is 2.52. The molecule has 0 aliphatic heterocycles. The van der Waals surface area contributed by atoms with Crippen molar-refractivity contribution in [2.75, 3.05) is 13.2 Å². The normalized spacial score (nSPS) is 10.4. The number of carbonyl (C=O) groups excluding carboxylic acids is 2. The van der Waals surface area contributed by atoms with Crippen molar-refractivity contribution in [1.82, 2.24) is 19.7 Å². The smallest absolute Gasteiger partial charge is 0.307 e. The lowest BCUT2D eigenvalue weighted by Gasteiger charge is -2.22. The first-order valence-corrected chi connectivity index (χ1v) is 8.97. The van der Waals surface area contributed by atoms with Crippen LogP contribution in [-0.4, -0.2) is 44.7 Å². The van der Waals surface area contributed by atoms with Gasteiger partial charge in [-0.15, -0.1) is 0 Å². The Morgan fingerprint density at radius 2 is 2.04 bits per heavy atom. The summed E-state index contributed by atoms with van der Waals surface area (Å²) in [5.74, 6) is -0.724. The minimum Gasteiger partial charge on any atom is -0.466 e. The summed E-state index contributed by atoms with van der Waals surface area (Å²) in [6, 6.07) is 6.38. The molecular formula is C19H24N4O4. The van der Waals surface area contributed by atoms with E-state index in [4.69, 9.17) is 4.74 Å². The molecule has 2 heterocycles. The van der Waals surface area contributed by atoms with Crippen LogP contribution in [0.5, 0.6) is 0 Å². The third-order valence-electron chi connectivity index (χ3n) is 3.80. The highest BCUT2D eigenvalue weighted by atomic mass is 16.5. The Labute approximate surface area is 157 Å². The van der Waals surface area contributed by atoms with Crippen molar-refractivity contribution in [2.24, 2.45) is 0 Å². The second-order valence-electron chi connectivity index (χ2n) is 5.92. The van der Waals surface area contributed by atoms with Gasteiger partial charge < -0.3 is 9.64 Å². The Morgan fingerprint density at radius 1 is 1.22 bits per heavy atom. The van der Waals surface area contributed by atoms with Gasteiger partial charge in [-0.3, -0.25) is 19.4 Å². The highest BCUT2D eigenvalue weighted by molar-refractivity contribution is 5.92. The second kappa shape index (κ2) is 10.2. The van der Waals surface area contributed by atoms with E-state index in [1.54, 1.807) is 25.4 Å². The van der Waals surface area contributed by atoms with Crippen molar-refractivity contribution < 1.29 is 14.3 Å². The highest BCUT2D eigenvalue weighted by Crippen LogP contribution is 2.09. The molecule has 27 heavy (non-hydrogen) atoms. The molecule has 0 fully saturated rings. The Hall–Kier alpha value is -3.03. The summed E-state index contributed by atoms with van der Waals surface area (Å²) in [7, 11) is 0. The number of hydrogen-bond acceptors (Lipinski definition) is 6. The molecule has 0 atom stereocenters. The van der Waals surface area contributed by atoms with Gasteiger partial charge in [0, 0.05) is 38.1 Å². The van der Waals surface area contributed by atoms with Crippen molar-refractivity contribution in [3.8, 4) is 0 Å². The number of esters is 1. The number of ether oxygens (including phenoxy) is 1. The fraction of sp³-hybridized carbons (Fsp3) is 0.421. The molecule has 0 N–H and O–H groups in total. The maximum absolute atomic E-state index is 13.0. The van der Waals surface area contributed by atoms with E-state index in [1.807, 2.05) is 13.0 Å². The van der Waals surface area contributed by atoms with Gasteiger partial charge in [0.25, 0.3) is 11.5 Å². The minimum absolute atomic E-state index is 0.0778. The molecular weight excluding hydrogens is 348 g/mol. The number of nitrogens with zero attached hydrogens (tertiary/aromatic N) is 4. The van der Waals surface area contributed by atoms with Crippen LogP contribution in [0.3, 0.4) is 0 Å². The zero-order chi connectivity index (χ0) is 19.6. The molecule has 1 amide bonds. The average molecular weight is 372 g/mol. The van der Waals surface area contributed by atoms with Crippen LogP contribution in [0.25, 0.3) is 0 Å². The quantitative estimate of drug-likeness (QED) is 0.621. The maximum atomic E-state index is 13.0. The standard InChI is InChI=1S/C19H24N4O4/c1-3-11-23-17(24)8-7-16(21-23)19(26)22(12-9-18(25)27-4-2)14-15-6-5-10-20-13-15/h5-8,10,13H,3-4,9,11-12,14H2,1-2H3. The predicted octanol–water partition coefficient (Wildman–Crippen LogP) is 1.64. The fourth-order valence-corrected chi connectivity index (χ4v) is 2.52. The molecule has 0 bridgehead atoms. The topological polar surface area (TPSA) is 94.4 Å². The summed E-state index contributed by atoms with van der Waals surface area (Å²) in [5.41, 5.74) is 0.742. The monoisotopic (exact) mass is 372 g/mol. The number of pyridine rings is 1. The zero-order valence-electron chi connectivity index (χ0n) is 15.6. The Bertz CT molecular complexity index is 820. The molecule has 144 valence electrons. The molecule has 2 rings (SSSR count). The molecule has 0 aliphatic rings. The molecule has 2 aromatic heterocycles. The van der Waals surface area contributed by atoms with E-state index in [0.717, 1.165) is 12.0 Å². The van der Waals surface area contributed by atoms with E-state index in [1.165, 1.54) is 21.7 Å². The van der Waals surface area contributed by atoms with E-state index < -0.39 is 0 Å². The van der Waals surface area contributed by atoms with Crippen molar-refractivity contribution in [2.45, 2.75) is 39.8 Å². The molecule has 0 spiro atoms. The van der Waals surface area contributed by atoms with Gasteiger partial charge in [-0.05, 0) is 31.0 Å². The van der Waals surface area contributed by atoms with Crippen LogP contribution in [0.15, 0.2) is 41.5 Å². The lowest BCUT2D eigenvalue weighted by atomic mass is 10.2. The van der Waals surface area contributed by atoms with E-state index >= 15 is 0 Å². The number of aromatic nitrogens is 3. The maximum Gasteiger partial charge on any atom is 0.307 e. The van der Waals surface area contributed by atoms with Crippen LogP contribution in [0.1, 0.15) is 42.7 Å². The summed E-state index contributed by atoms with van der Waals surface area (Å²) < 4.78 is 6.22.